The molecule has 1 aromatic rings. The van der Waals surface area contributed by atoms with Crippen LogP contribution in [-0.2, 0) is 15.9 Å². The van der Waals surface area contributed by atoms with E-state index in [1.807, 2.05) is 36.4 Å². The first-order chi connectivity index (χ1) is 19.8. The minimum Gasteiger partial charge on any atom is -0.494 e. The Morgan fingerprint density at radius 3 is 2.93 bits per heavy atom. The number of aliphatic hydroxyl groups is 1. The maximum Gasteiger partial charge on any atom is 0.115 e. The van der Waals surface area contributed by atoms with Crippen molar-refractivity contribution < 1.29 is 14.6 Å². The average Bonchev–Trinajstić information content (AvgIpc) is 3.21. The molecule has 1 unspecified atom stereocenters. The summed E-state index contributed by atoms with van der Waals surface area (Å²) >= 11 is 0. The van der Waals surface area contributed by atoms with Gasteiger partial charge in [-0.05, 0) is 81.0 Å². The van der Waals surface area contributed by atoms with Crippen LogP contribution in [0.1, 0.15) is 44.6 Å². The zero-order valence-electron chi connectivity index (χ0n) is 24.3. The fraction of sp³-hybridized carbons (Fsp3) is 0.382. The van der Waals surface area contributed by atoms with Gasteiger partial charge in [-0.1, -0.05) is 49.1 Å². The van der Waals surface area contributed by atoms with Gasteiger partial charge in [0.15, 0.2) is 0 Å². The molecule has 3 atom stereocenters. The Bertz CT molecular complexity index is 1170. The summed E-state index contributed by atoms with van der Waals surface area (Å²) in [4.78, 5) is 0. The van der Waals surface area contributed by atoms with E-state index < -0.39 is 6.10 Å². The SMILES string of the molecule is C=C(/C=C\C=C1/Cc2ccccc2N1)OC[C@@H](O)CN[C@H](C)C/C(=C/C=N)CCCOC1=CCCC(C(=C)N)C=C1. The predicted octanol–water partition coefficient (Wildman–Crippen LogP) is 6.05. The molecule has 0 spiro atoms. The summed E-state index contributed by atoms with van der Waals surface area (Å²) in [6.07, 6.45) is 19.6. The summed E-state index contributed by atoms with van der Waals surface area (Å²) in [6.45, 7) is 11.0. The Morgan fingerprint density at radius 2 is 2.15 bits per heavy atom. The van der Waals surface area contributed by atoms with Gasteiger partial charge in [-0.3, -0.25) is 0 Å². The summed E-state index contributed by atoms with van der Waals surface area (Å²) in [6, 6.07) is 8.41. The molecule has 0 saturated carbocycles. The second-order valence-corrected chi connectivity index (χ2v) is 10.6. The van der Waals surface area contributed by atoms with Crippen molar-refractivity contribution in [1.82, 2.24) is 5.32 Å². The first kappa shape index (κ1) is 31.7. The molecule has 1 aliphatic carbocycles. The summed E-state index contributed by atoms with van der Waals surface area (Å²) in [5.41, 5.74) is 11.3. The number of nitrogens with two attached hydrogens (primary N) is 1. The van der Waals surface area contributed by atoms with Crippen molar-refractivity contribution in [2.75, 3.05) is 25.1 Å². The van der Waals surface area contributed by atoms with Gasteiger partial charge >= 0.3 is 0 Å². The van der Waals surface area contributed by atoms with Gasteiger partial charge in [0.1, 0.15) is 24.2 Å². The third kappa shape index (κ3) is 11.7. The maximum atomic E-state index is 10.4. The molecule has 0 fully saturated rings. The fourth-order valence-electron chi connectivity index (χ4n) is 4.76. The highest BCUT2D eigenvalue weighted by Gasteiger charge is 2.13. The van der Waals surface area contributed by atoms with Crippen LogP contribution in [0, 0.1) is 11.3 Å². The number of rotatable bonds is 17. The van der Waals surface area contributed by atoms with E-state index in [0.29, 0.717) is 24.6 Å². The normalized spacial score (nSPS) is 19.2. The molecule has 41 heavy (non-hydrogen) atoms. The minimum absolute atomic E-state index is 0.142. The Balaban J connectivity index is 1.29. The predicted molar refractivity (Wildman–Crippen MR) is 169 cm³/mol. The van der Waals surface area contributed by atoms with Crippen molar-refractivity contribution in [2.24, 2.45) is 11.7 Å². The standard InChI is InChI=1S/C34H46N4O3/c1-25(21-28(18-19-35)10-8-20-40-33-14-7-12-29(16-17-33)27(3)36)37-23-32(39)24-41-26(2)9-6-13-31-22-30-11-4-5-15-34(30)38-31/h4-6,9,11,13-19,25,29,32,35,37-39H,2-3,7-8,10,12,20-24,36H2,1H3/b9-6-,28-18+,31-13+,35-19?/t25-,29?,32+/m1/s1. The van der Waals surface area contributed by atoms with E-state index in [1.165, 1.54) is 17.4 Å². The molecule has 0 radical (unpaired) electrons. The van der Waals surface area contributed by atoms with E-state index in [-0.39, 0.29) is 18.6 Å². The smallest absolute Gasteiger partial charge is 0.115 e. The molecule has 1 aromatic carbocycles. The molecular weight excluding hydrogens is 512 g/mol. The van der Waals surface area contributed by atoms with Crippen LogP contribution in [-0.4, -0.2) is 43.2 Å². The summed E-state index contributed by atoms with van der Waals surface area (Å²) in [5, 5.41) is 24.7. The Morgan fingerprint density at radius 1 is 1.32 bits per heavy atom. The van der Waals surface area contributed by atoms with E-state index in [9.17, 15) is 5.11 Å². The van der Waals surface area contributed by atoms with Crippen molar-refractivity contribution in [2.45, 2.75) is 57.6 Å². The van der Waals surface area contributed by atoms with Gasteiger partial charge in [0, 0.05) is 48.2 Å². The maximum absolute atomic E-state index is 10.4. The molecular formula is C34H46N4O3. The number of para-hydroxylation sites is 1. The van der Waals surface area contributed by atoms with Crippen molar-refractivity contribution in [3.05, 3.63) is 114 Å². The number of nitrogens with one attached hydrogen (secondary N) is 3. The molecule has 0 bridgehead atoms. The lowest BCUT2D eigenvalue weighted by Crippen LogP contribution is -2.36. The van der Waals surface area contributed by atoms with Crippen LogP contribution < -0.4 is 16.4 Å². The molecule has 6 N–H and O–H groups in total. The molecule has 0 amide bonds. The second kappa shape index (κ2) is 17.1. The van der Waals surface area contributed by atoms with Gasteiger partial charge in [-0.2, -0.15) is 0 Å². The Kier molecular flexibility index (Phi) is 13.2. The monoisotopic (exact) mass is 558 g/mol. The molecule has 7 heteroatoms. The quantitative estimate of drug-likeness (QED) is 0.0689. The van der Waals surface area contributed by atoms with E-state index >= 15 is 0 Å². The average molecular weight is 559 g/mol. The topological polar surface area (TPSA) is 113 Å². The highest BCUT2D eigenvalue weighted by Crippen LogP contribution is 2.27. The van der Waals surface area contributed by atoms with Crippen molar-refractivity contribution >= 4 is 11.9 Å². The van der Waals surface area contributed by atoms with Crippen LogP contribution in [0.25, 0.3) is 0 Å². The van der Waals surface area contributed by atoms with Crippen LogP contribution in [0.4, 0.5) is 5.69 Å². The molecule has 0 aromatic heterocycles. The summed E-state index contributed by atoms with van der Waals surface area (Å²) in [7, 11) is 0. The summed E-state index contributed by atoms with van der Waals surface area (Å²) < 4.78 is 11.6. The van der Waals surface area contributed by atoms with Gasteiger partial charge in [-0.25, -0.2) is 0 Å². The van der Waals surface area contributed by atoms with Gasteiger partial charge in [0.05, 0.1) is 6.61 Å². The minimum atomic E-state index is -0.660. The summed E-state index contributed by atoms with van der Waals surface area (Å²) in [5.74, 6) is 1.58. The Hall–Kier alpha value is -3.81. The lowest BCUT2D eigenvalue weighted by Gasteiger charge is -2.19. The van der Waals surface area contributed by atoms with Gasteiger partial charge in [-0.15, -0.1) is 0 Å². The van der Waals surface area contributed by atoms with E-state index in [1.54, 1.807) is 6.08 Å². The van der Waals surface area contributed by atoms with Crippen LogP contribution in [0.2, 0.25) is 0 Å². The van der Waals surface area contributed by atoms with Crippen LogP contribution in [0.15, 0.2) is 108 Å². The zero-order chi connectivity index (χ0) is 29.5. The van der Waals surface area contributed by atoms with E-state index in [0.717, 1.165) is 55.7 Å². The Labute approximate surface area is 245 Å². The highest BCUT2D eigenvalue weighted by molar-refractivity contribution is 5.68. The van der Waals surface area contributed by atoms with E-state index in [2.05, 4.69) is 55.0 Å². The zero-order valence-corrected chi connectivity index (χ0v) is 24.3. The molecule has 2 aliphatic rings. The number of benzene rings is 1. The molecule has 7 nitrogen and oxygen atoms in total. The number of fused-ring (bicyclic) bond motifs is 1. The van der Waals surface area contributed by atoms with Crippen molar-refractivity contribution in [1.29, 1.82) is 5.41 Å². The van der Waals surface area contributed by atoms with Crippen molar-refractivity contribution in [3.63, 3.8) is 0 Å². The molecule has 220 valence electrons. The molecule has 1 aliphatic heterocycles. The van der Waals surface area contributed by atoms with Gasteiger partial charge < -0.3 is 36.4 Å². The first-order valence-electron chi connectivity index (χ1n) is 14.4. The second-order valence-electron chi connectivity index (χ2n) is 10.6. The fourth-order valence-corrected chi connectivity index (χ4v) is 4.76. The first-order valence-corrected chi connectivity index (χ1v) is 14.4. The number of allylic oxidation sites excluding steroid dienone is 8. The molecule has 3 rings (SSSR count). The molecule has 1 heterocycles. The number of aliphatic hydroxyl groups excluding tert-OH is 1. The number of hydrogen-bond donors (Lipinski definition) is 5. The largest absolute Gasteiger partial charge is 0.494 e. The van der Waals surface area contributed by atoms with Gasteiger partial charge in [0.2, 0.25) is 0 Å². The number of ether oxygens (including phenoxy) is 2. The third-order valence-electron chi connectivity index (χ3n) is 7.03. The molecule has 0 saturated heterocycles. The number of anilines is 1. The lowest BCUT2D eigenvalue weighted by atomic mass is 10.0. The van der Waals surface area contributed by atoms with Crippen LogP contribution >= 0.6 is 0 Å². The highest BCUT2D eigenvalue weighted by atomic mass is 16.5. The lowest BCUT2D eigenvalue weighted by molar-refractivity contribution is 0.0741. The third-order valence-corrected chi connectivity index (χ3v) is 7.03. The number of hydrogen-bond acceptors (Lipinski definition) is 7. The van der Waals surface area contributed by atoms with Crippen LogP contribution in [0.5, 0.6) is 0 Å². The van der Waals surface area contributed by atoms with Gasteiger partial charge in [0.25, 0.3) is 0 Å². The van der Waals surface area contributed by atoms with Crippen molar-refractivity contribution in [3.8, 4) is 0 Å². The van der Waals surface area contributed by atoms with Crippen LogP contribution in [0.3, 0.4) is 0 Å². The van der Waals surface area contributed by atoms with E-state index in [4.69, 9.17) is 20.6 Å².